The molecule has 100 valence electrons. The lowest BCUT2D eigenvalue weighted by Gasteiger charge is -2.13. The van der Waals surface area contributed by atoms with Gasteiger partial charge in [0.15, 0.2) is 5.76 Å². The Balaban J connectivity index is 2.06. The Morgan fingerprint density at radius 2 is 2.16 bits per heavy atom. The molecule has 0 aliphatic carbocycles. The monoisotopic (exact) mass is 258 g/mol. The topological polar surface area (TPSA) is 68.3 Å². The van der Waals surface area contributed by atoms with Crippen LogP contribution in [-0.2, 0) is 6.54 Å². The average molecular weight is 258 g/mol. The fourth-order valence-electron chi connectivity index (χ4n) is 1.90. The van der Waals surface area contributed by atoms with Crippen LogP contribution in [0.5, 0.6) is 0 Å². The van der Waals surface area contributed by atoms with E-state index in [1.807, 2.05) is 32.0 Å². The van der Waals surface area contributed by atoms with Crippen molar-refractivity contribution in [2.75, 3.05) is 0 Å². The van der Waals surface area contributed by atoms with Gasteiger partial charge < -0.3 is 15.5 Å². The maximum Gasteiger partial charge on any atom is 0.287 e. The van der Waals surface area contributed by atoms with Gasteiger partial charge in [-0.1, -0.05) is 29.8 Å². The summed E-state index contributed by atoms with van der Waals surface area (Å²) in [6, 6.07) is 11.3. The summed E-state index contributed by atoms with van der Waals surface area (Å²) in [6.45, 7) is 4.26. The molecule has 1 amide bonds. The summed E-state index contributed by atoms with van der Waals surface area (Å²) >= 11 is 0. The molecule has 0 fully saturated rings. The van der Waals surface area contributed by atoms with E-state index in [1.165, 1.54) is 5.56 Å². The minimum atomic E-state index is -0.228. The van der Waals surface area contributed by atoms with Crippen molar-refractivity contribution in [1.82, 2.24) is 5.32 Å². The van der Waals surface area contributed by atoms with Gasteiger partial charge in [0.25, 0.3) is 5.91 Å². The zero-order valence-electron chi connectivity index (χ0n) is 11.1. The van der Waals surface area contributed by atoms with Crippen molar-refractivity contribution in [2.45, 2.75) is 26.4 Å². The summed E-state index contributed by atoms with van der Waals surface area (Å²) in [6.07, 6.45) is 0. The van der Waals surface area contributed by atoms with Crippen LogP contribution in [0.15, 0.2) is 40.8 Å². The highest BCUT2D eigenvalue weighted by molar-refractivity contribution is 5.91. The summed E-state index contributed by atoms with van der Waals surface area (Å²) in [4.78, 5) is 12.0. The number of amides is 1. The standard InChI is InChI=1S/C15H18N2O2/c1-10-4-3-5-12(8-10)11(2)17-15(18)14-7-6-13(9-16)19-14/h3-8,11H,9,16H2,1-2H3,(H,17,18)/t11-/m1/s1. The molecule has 3 N–H and O–H groups in total. The van der Waals surface area contributed by atoms with E-state index in [4.69, 9.17) is 10.2 Å². The fourth-order valence-corrected chi connectivity index (χ4v) is 1.90. The average Bonchev–Trinajstić information content (AvgIpc) is 2.87. The maximum atomic E-state index is 12.0. The minimum absolute atomic E-state index is 0.0705. The summed E-state index contributed by atoms with van der Waals surface area (Å²) in [5, 5.41) is 2.90. The summed E-state index contributed by atoms with van der Waals surface area (Å²) in [5.41, 5.74) is 7.68. The second-order valence-electron chi connectivity index (χ2n) is 4.58. The maximum absolute atomic E-state index is 12.0. The molecule has 2 aromatic rings. The molecule has 1 aromatic carbocycles. The van der Waals surface area contributed by atoms with Gasteiger partial charge in [0, 0.05) is 0 Å². The van der Waals surface area contributed by atoms with E-state index < -0.39 is 0 Å². The Morgan fingerprint density at radius 3 is 2.79 bits per heavy atom. The SMILES string of the molecule is Cc1cccc([C@@H](C)NC(=O)c2ccc(CN)o2)c1. The molecular weight excluding hydrogens is 240 g/mol. The lowest BCUT2D eigenvalue weighted by molar-refractivity contribution is 0.0910. The van der Waals surface area contributed by atoms with Crippen LogP contribution in [0.4, 0.5) is 0 Å². The minimum Gasteiger partial charge on any atom is -0.455 e. The first-order valence-corrected chi connectivity index (χ1v) is 6.26. The van der Waals surface area contributed by atoms with Gasteiger partial charge in [0.1, 0.15) is 5.76 Å². The Kier molecular flexibility index (Phi) is 4.02. The third-order valence-electron chi connectivity index (χ3n) is 2.98. The molecule has 1 heterocycles. The van der Waals surface area contributed by atoms with Crippen molar-refractivity contribution in [3.63, 3.8) is 0 Å². The first kappa shape index (κ1) is 13.4. The smallest absolute Gasteiger partial charge is 0.287 e. The Hall–Kier alpha value is -2.07. The van der Waals surface area contributed by atoms with Crippen LogP contribution in [0.2, 0.25) is 0 Å². The van der Waals surface area contributed by atoms with E-state index in [2.05, 4.69) is 11.4 Å². The third kappa shape index (κ3) is 3.23. The highest BCUT2D eigenvalue weighted by Gasteiger charge is 2.14. The van der Waals surface area contributed by atoms with E-state index in [1.54, 1.807) is 12.1 Å². The Morgan fingerprint density at radius 1 is 1.37 bits per heavy atom. The number of rotatable bonds is 4. The number of carbonyl (C=O) groups excluding carboxylic acids is 1. The van der Waals surface area contributed by atoms with Gasteiger partial charge in [-0.15, -0.1) is 0 Å². The highest BCUT2D eigenvalue weighted by atomic mass is 16.4. The fraction of sp³-hybridized carbons (Fsp3) is 0.267. The van der Waals surface area contributed by atoms with Crippen LogP contribution in [0.3, 0.4) is 0 Å². The zero-order valence-corrected chi connectivity index (χ0v) is 11.1. The van der Waals surface area contributed by atoms with E-state index in [0.29, 0.717) is 18.1 Å². The number of carbonyl (C=O) groups is 1. The molecule has 0 aliphatic heterocycles. The lowest BCUT2D eigenvalue weighted by atomic mass is 10.1. The second-order valence-corrected chi connectivity index (χ2v) is 4.58. The Labute approximate surface area is 112 Å². The van der Waals surface area contributed by atoms with Crippen LogP contribution in [-0.4, -0.2) is 5.91 Å². The summed E-state index contributed by atoms with van der Waals surface area (Å²) in [5.74, 6) is 0.669. The van der Waals surface area contributed by atoms with Crippen LogP contribution < -0.4 is 11.1 Å². The van der Waals surface area contributed by atoms with Crippen LogP contribution in [0.25, 0.3) is 0 Å². The molecule has 0 unspecified atom stereocenters. The van der Waals surface area contributed by atoms with Crippen molar-refractivity contribution in [3.8, 4) is 0 Å². The number of hydrogen-bond donors (Lipinski definition) is 2. The second kappa shape index (κ2) is 5.71. The first-order chi connectivity index (χ1) is 9.10. The van der Waals surface area contributed by atoms with Gasteiger partial charge in [-0.25, -0.2) is 0 Å². The number of hydrogen-bond acceptors (Lipinski definition) is 3. The predicted octanol–water partition coefficient (Wildman–Crippen LogP) is 2.54. The molecule has 0 bridgehead atoms. The molecule has 0 aliphatic rings. The van der Waals surface area contributed by atoms with E-state index in [-0.39, 0.29) is 11.9 Å². The van der Waals surface area contributed by atoms with Crippen molar-refractivity contribution < 1.29 is 9.21 Å². The molecule has 0 radical (unpaired) electrons. The van der Waals surface area contributed by atoms with Gasteiger partial charge in [-0.2, -0.15) is 0 Å². The number of benzene rings is 1. The highest BCUT2D eigenvalue weighted by Crippen LogP contribution is 2.15. The lowest BCUT2D eigenvalue weighted by Crippen LogP contribution is -2.26. The van der Waals surface area contributed by atoms with Gasteiger partial charge in [-0.3, -0.25) is 4.79 Å². The van der Waals surface area contributed by atoms with Crippen LogP contribution in [0.1, 0.15) is 40.4 Å². The van der Waals surface area contributed by atoms with Gasteiger partial charge in [0.2, 0.25) is 0 Å². The van der Waals surface area contributed by atoms with Gasteiger partial charge in [-0.05, 0) is 31.5 Å². The molecule has 4 heteroatoms. The first-order valence-electron chi connectivity index (χ1n) is 6.26. The normalized spacial score (nSPS) is 12.2. The molecule has 0 saturated carbocycles. The van der Waals surface area contributed by atoms with Crippen LogP contribution >= 0.6 is 0 Å². The third-order valence-corrected chi connectivity index (χ3v) is 2.98. The largest absolute Gasteiger partial charge is 0.455 e. The number of furan rings is 1. The Bertz CT molecular complexity index is 575. The molecule has 2 rings (SSSR count). The molecule has 4 nitrogen and oxygen atoms in total. The number of nitrogens with one attached hydrogen (secondary N) is 1. The predicted molar refractivity (Wildman–Crippen MR) is 73.7 cm³/mol. The molecule has 19 heavy (non-hydrogen) atoms. The number of nitrogens with two attached hydrogens (primary N) is 1. The van der Waals surface area contributed by atoms with Crippen molar-refractivity contribution in [1.29, 1.82) is 0 Å². The van der Waals surface area contributed by atoms with E-state index in [9.17, 15) is 4.79 Å². The van der Waals surface area contributed by atoms with Gasteiger partial charge >= 0.3 is 0 Å². The van der Waals surface area contributed by atoms with Crippen LogP contribution in [0, 0.1) is 6.92 Å². The zero-order chi connectivity index (χ0) is 13.8. The van der Waals surface area contributed by atoms with Gasteiger partial charge in [0.05, 0.1) is 12.6 Å². The molecular formula is C15H18N2O2. The quantitative estimate of drug-likeness (QED) is 0.885. The molecule has 0 spiro atoms. The molecule has 1 aromatic heterocycles. The van der Waals surface area contributed by atoms with E-state index in [0.717, 1.165) is 5.56 Å². The molecule has 0 saturated heterocycles. The number of aryl methyl sites for hydroxylation is 1. The van der Waals surface area contributed by atoms with Crippen molar-refractivity contribution >= 4 is 5.91 Å². The van der Waals surface area contributed by atoms with Crippen molar-refractivity contribution in [3.05, 3.63) is 59.0 Å². The van der Waals surface area contributed by atoms with E-state index >= 15 is 0 Å². The summed E-state index contributed by atoms with van der Waals surface area (Å²) < 4.78 is 5.32. The molecule has 1 atom stereocenters. The summed E-state index contributed by atoms with van der Waals surface area (Å²) in [7, 11) is 0. The van der Waals surface area contributed by atoms with Crippen molar-refractivity contribution in [2.24, 2.45) is 5.73 Å².